The molecule has 0 aromatic carbocycles. The van der Waals surface area contributed by atoms with Crippen LogP contribution in [0.15, 0.2) is 18.3 Å². The number of aryl methyl sites for hydroxylation is 1. The van der Waals surface area contributed by atoms with Crippen LogP contribution in [-0.2, 0) is 7.05 Å². The second-order valence-corrected chi connectivity index (χ2v) is 7.58. The van der Waals surface area contributed by atoms with Crippen molar-refractivity contribution in [2.24, 2.45) is 18.9 Å². The maximum Gasteiger partial charge on any atom is 0.270 e. The third-order valence-electron chi connectivity index (χ3n) is 6.17. The van der Waals surface area contributed by atoms with Crippen LogP contribution >= 0.6 is 0 Å². The van der Waals surface area contributed by atoms with E-state index in [9.17, 15) is 9.90 Å². The summed E-state index contributed by atoms with van der Waals surface area (Å²) >= 11 is 0. The van der Waals surface area contributed by atoms with E-state index in [1.165, 1.54) is 12.8 Å². The minimum absolute atomic E-state index is 0.138. The second kappa shape index (κ2) is 5.95. The molecule has 1 N–H and O–H groups in total. The van der Waals surface area contributed by atoms with E-state index in [2.05, 4.69) is 4.90 Å². The van der Waals surface area contributed by atoms with Crippen LogP contribution in [-0.4, -0.2) is 63.7 Å². The van der Waals surface area contributed by atoms with Gasteiger partial charge in [-0.2, -0.15) is 0 Å². The molecule has 0 unspecified atom stereocenters. The summed E-state index contributed by atoms with van der Waals surface area (Å²) in [6.45, 7) is 3.92. The number of fused-ring (bicyclic) bond motifs is 1. The number of amides is 1. The number of aromatic nitrogens is 1. The fraction of sp³-hybridized carbons (Fsp3) is 0.722. The van der Waals surface area contributed by atoms with Crippen molar-refractivity contribution in [3.63, 3.8) is 0 Å². The summed E-state index contributed by atoms with van der Waals surface area (Å²) in [4.78, 5) is 17.2. The Morgan fingerprint density at radius 2 is 1.87 bits per heavy atom. The van der Waals surface area contributed by atoms with Gasteiger partial charge in [-0.25, -0.2) is 0 Å². The molecular weight excluding hydrogens is 290 g/mol. The van der Waals surface area contributed by atoms with Crippen LogP contribution in [0.5, 0.6) is 0 Å². The van der Waals surface area contributed by atoms with Gasteiger partial charge in [-0.05, 0) is 62.7 Å². The number of aliphatic hydroxyl groups excluding tert-OH is 1. The van der Waals surface area contributed by atoms with Crippen LogP contribution in [0, 0.1) is 11.8 Å². The zero-order valence-corrected chi connectivity index (χ0v) is 13.9. The lowest BCUT2D eigenvalue weighted by Gasteiger charge is -2.40. The molecule has 5 nitrogen and oxygen atoms in total. The highest BCUT2D eigenvalue weighted by Crippen LogP contribution is 2.39. The quantitative estimate of drug-likeness (QED) is 0.895. The van der Waals surface area contributed by atoms with Crippen molar-refractivity contribution in [2.75, 3.05) is 26.2 Å². The van der Waals surface area contributed by atoms with Crippen molar-refractivity contribution >= 4 is 5.91 Å². The molecule has 23 heavy (non-hydrogen) atoms. The predicted molar refractivity (Wildman–Crippen MR) is 88.1 cm³/mol. The molecule has 126 valence electrons. The Labute approximate surface area is 137 Å². The van der Waals surface area contributed by atoms with Gasteiger partial charge in [0.2, 0.25) is 0 Å². The monoisotopic (exact) mass is 317 g/mol. The van der Waals surface area contributed by atoms with E-state index in [-0.39, 0.29) is 12.0 Å². The van der Waals surface area contributed by atoms with Gasteiger partial charge < -0.3 is 14.6 Å². The summed E-state index contributed by atoms with van der Waals surface area (Å²) < 4.78 is 1.90. The lowest BCUT2D eigenvalue weighted by Crippen LogP contribution is -2.48. The van der Waals surface area contributed by atoms with E-state index in [0.29, 0.717) is 17.9 Å². The minimum atomic E-state index is -0.223. The van der Waals surface area contributed by atoms with Gasteiger partial charge in [0.05, 0.1) is 6.10 Å². The Balaban J connectivity index is 1.45. The lowest BCUT2D eigenvalue weighted by molar-refractivity contribution is -0.000864. The standard InChI is InChI=1S/C18H27N3O2/c1-19-6-4-5-15(19)18(23)21-11-13-9-16(20-7-2-3-8-20)17(22)10-14(13)12-21/h4-6,13-14,16-17,22H,2-3,7-12H2,1H3/t13-,14+,16-,17-/m1/s1. The molecule has 1 aromatic rings. The Bertz CT molecular complexity index is 579. The molecule has 0 spiro atoms. The Hall–Kier alpha value is -1.33. The maximum absolute atomic E-state index is 12.7. The van der Waals surface area contributed by atoms with E-state index in [4.69, 9.17) is 0 Å². The summed E-state index contributed by atoms with van der Waals surface area (Å²) in [5.41, 5.74) is 0.764. The highest BCUT2D eigenvalue weighted by atomic mass is 16.3. The van der Waals surface area contributed by atoms with E-state index in [0.717, 1.165) is 44.7 Å². The van der Waals surface area contributed by atoms with Gasteiger partial charge in [0.1, 0.15) is 5.69 Å². The predicted octanol–water partition coefficient (Wildman–Crippen LogP) is 1.33. The molecule has 0 radical (unpaired) electrons. The van der Waals surface area contributed by atoms with E-state index >= 15 is 0 Å². The van der Waals surface area contributed by atoms with Crippen molar-refractivity contribution in [1.82, 2.24) is 14.4 Å². The largest absolute Gasteiger partial charge is 0.391 e. The Morgan fingerprint density at radius 1 is 1.17 bits per heavy atom. The molecule has 4 atom stereocenters. The number of nitrogens with zero attached hydrogens (tertiary/aromatic N) is 3. The molecule has 3 fully saturated rings. The Kier molecular flexibility index (Phi) is 3.93. The molecule has 3 aliphatic rings. The highest BCUT2D eigenvalue weighted by Gasteiger charge is 2.45. The van der Waals surface area contributed by atoms with E-state index in [1.54, 1.807) is 0 Å². The van der Waals surface area contributed by atoms with Crippen molar-refractivity contribution in [1.29, 1.82) is 0 Å². The van der Waals surface area contributed by atoms with Gasteiger partial charge in [-0.15, -0.1) is 0 Å². The molecular formula is C18H27N3O2. The molecule has 1 amide bonds. The van der Waals surface area contributed by atoms with Gasteiger partial charge in [0.25, 0.3) is 5.91 Å². The first-order valence-corrected chi connectivity index (χ1v) is 8.96. The summed E-state index contributed by atoms with van der Waals surface area (Å²) in [6, 6.07) is 4.12. The van der Waals surface area contributed by atoms with Crippen LogP contribution in [0.3, 0.4) is 0 Å². The fourth-order valence-corrected chi connectivity index (χ4v) is 4.88. The van der Waals surface area contributed by atoms with E-state index in [1.807, 2.05) is 34.8 Å². The maximum atomic E-state index is 12.7. The molecule has 3 heterocycles. The van der Waals surface area contributed by atoms with Gasteiger partial charge in [0, 0.05) is 32.4 Å². The van der Waals surface area contributed by atoms with Crippen LogP contribution in [0.2, 0.25) is 0 Å². The second-order valence-electron chi connectivity index (χ2n) is 7.58. The SMILES string of the molecule is Cn1cccc1C(=O)N1C[C@H]2C[C@@H](N3CCCC3)[C@H](O)C[C@H]2C1. The smallest absolute Gasteiger partial charge is 0.270 e. The fourth-order valence-electron chi connectivity index (χ4n) is 4.88. The van der Waals surface area contributed by atoms with Crippen molar-refractivity contribution < 1.29 is 9.90 Å². The zero-order chi connectivity index (χ0) is 16.0. The summed E-state index contributed by atoms with van der Waals surface area (Å²) in [7, 11) is 1.92. The summed E-state index contributed by atoms with van der Waals surface area (Å²) in [5.74, 6) is 1.15. The number of carbonyl (C=O) groups is 1. The summed E-state index contributed by atoms with van der Waals surface area (Å²) in [5, 5.41) is 10.6. The first-order chi connectivity index (χ1) is 11.1. The van der Waals surface area contributed by atoms with Crippen LogP contribution in [0.4, 0.5) is 0 Å². The number of carbonyl (C=O) groups excluding carboxylic acids is 1. The minimum Gasteiger partial charge on any atom is -0.391 e. The van der Waals surface area contributed by atoms with Crippen LogP contribution in [0.1, 0.15) is 36.2 Å². The molecule has 1 saturated carbocycles. The Morgan fingerprint density at radius 3 is 2.52 bits per heavy atom. The first kappa shape index (κ1) is 15.2. The van der Waals surface area contributed by atoms with E-state index < -0.39 is 0 Å². The van der Waals surface area contributed by atoms with Gasteiger partial charge >= 0.3 is 0 Å². The van der Waals surface area contributed by atoms with Gasteiger partial charge in [0.15, 0.2) is 0 Å². The average molecular weight is 317 g/mol. The normalized spacial score (nSPS) is 34.8. The molecule has 5 heteroatoms. The van der Waals surface area contributed by atoms with Crippen LogP contribution in [0.25, 0.3) is 0 Å². The molecule has 4 rings (SSSR count). The number of hydrogen-bond donors (Lipinski definition) is 1. The number of likely N-dealkylation sites (tertiary alicyclic amines) is 2. The van der Waals surface area contributed by atoms with Gasteiger partial charge in [-0.1, -0.05) is 0 Å². The molecule has 2 saturated heterocycles. The molecule has 2 aliphatic heterocycles. The zero-order valence-electron chi connectivity index (χ0n) is 13.9. The molecule has 1 aliphatic carbocycles. The number of rotatable bonds is 2. The highest BCUT2D eigenvalue weighted by molar-refractivity contribution is 5.93. The topological polar surface area (TPSA) is 48.7 Å². The molecule has 0 bridgehead atoms. The number of aliphatic hydroxyl groups is 1. The van der Waals surface area contributed by atoms with Crippen molar-refractivity contribution in [3.05, 3.63) is 24.0 Å². The average Bonchev–Trinajstić information content (AvgIpc) is 3.25. The third-order valence-corrected chi connectivity index (χ3v) is 6.17. The van der Waals surface area contributed by atoms with Crippen LogP contribution < -0.4 is 0 Å². The lowest BCUT2D eigenvalue weighted by atomic mass is 9.77. The molecule has 1 aromatic heterocycles. The first-order valence-electron chi connectivity index (χ1n) is 8.96. The van der Waals surface area contributed by atoms with Gasteiger partial charge in [-0.3, -0.25) is 9.69 Å². The summed E-state index contributed by atoms with van der Waals surface area (Å²) in [6.07, 6.45) is 6.11. The third kappa shape index (κ3) is 2.70. The van der Waals surface area contributed by atoms with Crippen molar-refractivity contribution in [3.8, 4) is 0 Å². The number of hydrogen-bond acceptors (Lipinski definition) is 3. The van der Waals surface area contributed by atoms with Crippen molar-refractivity contribution in [2.45, 2.75) is 37.8 Å².